The van der Waals surface area contributed by atoms with Crippen LogP contribution in [0.15, 0.2) is 5.38 Å². The molecule has 0 saturated carbocycles. The molecule has 0 unspecified atom stereocenters. The van der Waals surface area contributed by atoms with Gasteiger partial charge in [-0.2, -0.15) is 0 Å². The maximum atomic E-state index is 14.0. The average molecular weight is 396 g/mol. The van der Waals surface area contributed by atoms with Gasteiger partial charge in [-0.3, -0.25) is 0 Å². The Hall–Kier alpha value is -0.800. The number of alkyl halides is 2. The predicted molar refractivity (Wildman–Crippen MR) is 97.9 cm³/mol. The predicted octanol–water partition coefficient (Wildman–Crippen LogP) is 3.73. The number of nitrogens with one attached hydrogen (secondary N) is 1. The van der Waals surface area contributed by atoms with E-state index >= 15 is 0 Å². The molecule has 1 N–H and O–H groups in total. The maximum absolute atomic E-state index is 14.0. The molecule has 25 heavy (non-hydrogen) atoms. The molecule has 1 saturated heterocycles. The highest BCUT2D eigenvalue weighted by molar-refractivity contribution is 7.89. The third-order valence-electron chi connectivity index (χ3n) is 4.77. The Labute approximate surface area is 152 Å². The van der Waals surface area contributed by atoms with Crippen molar-refractivity contribution in [3.05, 3.63) is 11.1 Å². The van der Waals surface area contributed by atoms with Gasteiger partial charge in [-0.15, -0.1) is 11.3 Å². The summed E-state index contributed by atoms with van der Waals surface area (Å²) in [5.41, 5.74) is -0.639. The smallest absolute Gasteiger partial charge is 0.253 e. The molecule has 0 spiro atoms. The Morgan fingerprint density at radius 3 is 2.44 bits per heavy atom. The minimum Gasteiger partial charge on any atom is -0.359 e. The van der Waals surface area contributed by atoms with Crippen molar-refractivity contribution in [2.45, 2.75) is 58.9 Å². The lowest BCUT2D eigenvalue weighted by atomic mass is 9.86. The van der Waals surface area contributed by atoms with Crippen LogP contribution in [-0.2, 0) is 10.0 Å². The van der Waals surface area contributed by atoms with E-state index in [1.165, 1.54) is 36.4 Å². The van der Waals surface area contributed by atoms with Gasteiger partial charge in [0.05, 0.1) is 11.4 Å². The Morgan fingerprint density at radius 2 is 1.96 bits per heavy atom. The summed E-state index contributed by atoms with van der Waals surface area (Å²) < 4.78 is 54.6. The SMILES string of the molecule is CCC(F)(F)C(C)(C)CS(=O)(=O)N1CCC(Nc2nc(C)cs2)CC1. The molecule has 0 aliphatic carbocycles. The number of rotatable bonds is 7. The van der Waals surface area contributed by atoms with Gasteiger partial charge >= 0.3 is 0 Å². The Balaban J connectivity index is 1.94. The van der Waals surface area contributed by atoms with Crippen LogP contribution in [0.5, 0.6) is 0 Å². The number of hydrogen-bond donors (Lipinski definition) is 1. The molecule has 1 aliphatic heterocycles. The first-order valence-electron chi connectivity index (χ1n) is 8.51. The molecule has 0 radical (unpaired) electrons. The summed E-state index contributed by atoms with van der Waals surface area (Å²) >= 11 is 1.53. The standard InChI is InChI=1S/C16H27F2N3O2S2/c1-5-16(17,18)15(3,4)11-25(22,23)21-8-6-13(7-9-21)20-14-19-12(2)10-24-14/h10,13H,5-9,11H2,1-4H3,(H,19,20). The molecule has 0 aromatic carbocycles. The number of aryl methyl sites for hydroxylation is 1. The van der Waals surface area contributed by atoms with Gasteiger partial charge in [0.25, 0.3) is 5.92 Å². The third-order valence-corrected chi connectivity index (χ3v) is 7.90. The quantitative estimate of drug-likeness (QED) is 0.764. The van der Waals surface area contributed by atoms with E-state index in [2.05, 4.69) is 10.3 Å². The van der Waals surface area contributed by atoms with Crippen LogP contribution in [0.2, 0.25) is 0 Å². The number of piperidine rings is 1. The summed E-state index contributed by atoms with van der Waals surface area (Å²) in [4.78, 5) is 4.35. The minimum atomic E-state index is -3.71. The van der Waals surface area contributed by atoms with E-state index in [0.717, 1.165) is 10.8 Å². The molecule has 9 heteroatoms. The van der Waals surface area contributed by atoms with E-state index in [1.807, 2.05) is 12.3 Å². The van der Waals surface area contributed by atoms with Gasteiger partial charge in [-0.1, -0.05) is 20.8 Å². The fraction of sp³-hybridized carbons (Fsp3) is 0.812. The van der Waals surface area contributed by atoms with Crippen LogP contribution in [0.25, 0.3) is 0 Å². The number of nitrogens with zero attached hydrogens (tertiary/aromatic N) is 2. The molecule has 0 bridgehead atoms. The molecule has 0 amide bonds. The highest BCUT2D eigenvalue weighted by Crippen LogP contribution is 2.40. The zero-order valence-electron chi connectivity index (χ0n) is 15.2. The fourth-order valence-corrected chi connectivity index (χ4v) is 5.84. The molecular formula is C16H27F2N3O2S2. The molecule has 5 nitrogen and oxygen atoms in total. The minimum absolute atomic E-state index is 0.155. The topological polar surface area (TPSA) is 62.3 Å². The molecule has 1 aromatic rings. The van der Waals surface area contributed by atoms with E-state index in [1.54, 1.807) is 0 Å². The monoisotopic (exact) mass is 395 g/mol. The Morgan fingerprint density at radius 1 is 1.36 bits per heavy atom. The second-order valence-electron chi connectivity index (χ2n) is 7.31. The van der Waals surface area contributed by atoms with Gasteiger partial charge in [0.2, 0.25) is 10.0 Å². The van der Waals surface area contributed by atoms with Crippen molar-refractivity contribution in [2.75, 3.05) is 24.2 Å². The second kappa shape index (κ2) is 7.44. The molecule has 1 aromatic heterocycles. The average Bonchev–Trinajstić information content (AvgIpc) is 2.91. The van der Waals surface area contributed by atoms with Gasteiger partial charge in [0, 0.05) is 36.3 Å². The van der Waals surface area contributed by atoms with Crippen molar-refractivity contribution >= 4 is 26.5 Å². The van der Waals surface area contributed by atoms with Crippen molar-refractivity contribution in [2.24, 2.45) is 5.41 Å². The molecule has 1 fully saturated rings. The van der Waals surface area contributed by atoms with Gasteiger partial charge in [-0.05, 0) is 19.8 Å². The van der Waals surface area contributed by atoms with Crippen molar-refractivity contribution in [1.29, 1.82) is 0 Å². The number of halogens is 2. The normalized spacial score (nSPS) is 18.5. The summed E-state index contributed by atoms with van der Waals surface area (Å²) in [6, 6.07) is 0.155. The Kier molecular flexibility index (Phi) is 6.10. The third kappa shape index (κ3) is 4.89. The summed E-state index contributed by atoms with van der Waals surface area (Å²) in [5, 5.41) is 6.11. The molecule has 0 atom stereocenters. The van der Waals surface area contributed by atoms with Crippen molar-refractivity contribution in [3.63, 3.8) is 0 Å². The van der Waals surface area contributed by atoms with Crippen LogP contribution < -0.4 is 5.32 Å². The summed E-state index contributed by atoms with van der Waals surface area (Å²) in [5.74, 6) is -3.55. The van der Waals surface area contributed by atoms with Crippen LogP contribution in [0.4, 0.5) is 13.9 Å². The lowest BCUT2D eigenvalue weighted by molar-refractivity contribution is -0.0972. The number of thiazole rings is 1. The van der Waals surface area contributed by atoms with Gasteiger partial charge in [0.1, 0.15) is 0 Å². The van der Waals surface area contributed by atoms with Crippen LogP contribution in [-0.4, -0.2) is 48.5 Å². The fourth-order valence-electron chi connectivity index (χ4n) is 3.00. The summed E-state index contributed by atoms with van der Waals surface area (Å²) in [7, 11) is -3.71. The van der Waals surface area contributed by atoms with E-state index in [4.69, 9.17) is 0 Å². The molecule has 1 aliphatic rings. The maximum Gasteiger partial charge on any atom is 0.253 e. The summed E-state index contributed by atoms with van der Waals surface area (Å²) in [6.45, 7) is 6.65. The van der Waals surface area contributed by atoms with Gasteiger partial charge in [0.15, 0.2) is 5.13 Å². The van der Waals surface area contributed by atoms with Gasteiger partial charge < -0.3 is 5.32 Å². The lowest BCUT2D eigenvalue weighted by Crippen LogP contribution is -2.48. The molecular weight excluding hydrogens is 368 g/mol. The van der Waals surface area contributed by atoms with Crippen LogP contribution in [0.1, 0.15) is 45.7 Å². The van der Waals surface area contributed by atoms with Crippen LogP contribution in [0, 0.1) is 12.3 Å². The van der Waals surface area contributed by atoms with Crippen molar-refractivity contribution in [1.82, 2.24) is 9.29 Å². The molecule has 144 valence electrons. The zero-order chi connectivity index (χ0) is 18.9. The van der Waals surface area contributed by atoms with E-state index < -0.39 is 27.1 Å². The van der Waals surface area contributed by atoms with E-state index in [-0.39, 0.29) is 12.5 Å². The van der Waals surface area contributed by atoms with E-state index in [0.29, 0.717) is 25.9 Å². The van der Waals surface area contributed by atoms with Crippen LogP contribution in [0.3, 0.4) is 0 Å². The first kappa shape index (κ1) is 20.5. The highest BCUT2D eigenvalue weighted by Gasteiger charge is 2.48. The van der Waals surface area contributed by atoms with E-state index in [9.17, 15) is 17.2 Å². The van der Waals surface area contributed by atoms with Crippen molar-refractivity contribution < 1.29 is 17.2 Å². The van der Waals surface area contributed by atoms with Crippen molar-refractivity contribution in [3.8, 4) is 0 Å². The number of anilines is 1. The Bertz CT molecular complexity index is 681. The molecule has 2 heterocycles. The number of hydrogen-bond acceptors (Lipinski definition) is 5. The molecule has 2 rings (SSSR count). The lowest BCUT2D eigenvalue weighted by Gasteiger charge is -2.37. The van der Waals surface area contributed by atoms with Gasteiger partial charge in [-0.25, -0.2) is 26.5 Å². The van der Waals surface area contributed by atoms with Crippen LogP contribution >= 0.6 is 11.3 Å². The largest absolute Gasteiger partial charge is 0.359 e. The second-order valence-corrected chi connectivity index (χ2v) is 10.1. The summed E-state index contributed by atoms with van der Waals surface area (Å²) in [6.07, 6.45) is 0.916. The first-order chi connectivity index (χ1) is 11.5. The zero-order valence-corrected chi connectivity index (χ0v) is 16.8. The number of sulfonamides is 1. The highest BCUT2D eigenvalue weighted by atomic mass is 32.2. The number of aromatic nitrogens is 1. The first-order valence-corrected chi connectivity index (χ1v) is 11.0.